The number of methoxy groups -OCH3 is 1. The molecule has 0 heterocycles. The van der Waals surface area contributed by atoms with Crippen LogP contribution in [0.4, 0.5) is 5.69 Å². The second-order valence-corrected chi connectivity index (χ2v) is 6.04. The smallest absolute Gasteiger partial charge is 0.328 e. The number of anilines is 1. The van der Waals surface area contributed by atoms with Crippen molar-refractivity contribution in [2.45, 2.75) is 0 Å². The Bertz CT molecular complexity index is 952. The van der Waals surface area contributed by atoms with Crippen LogP contribution < -0.4 is 9.64 Å². The third kappa shape index (κ3) is 4.86. The van der Waals surface area contributed by atoms with Gasteiger partial charge in [0, 0.05) is 29.3 Å². The number of carbonyl (C=O) groups excluding carboxylic acids is 2. The molecule has 0 unspecified atom stereocenters. The Balaban J connectivity index is 2.58. The van der Waals surface area contributed by atoms with Gasteiger partial charge in [0.25, 0.3) is 5.91 Å². The lowest BCUT2D eigenvalue weighted by Gasteiger charge is -2.23. The third-order valence-corrected chi connectivity index (χ3v) is 4.03. The zero-order valence-corrected chi connectivity index (χ0v) is 15.8. The van der Waals surface area contributed by atoms with Crippen molar-refractivity contribution >= 4 is 34.9 Å². The minimum absolute atomic E-state index is 0.0661. The minimum atomic E-state index is -1.26. The first-order valence-electron chi connectivity index (χ1n) is 8.19. The molecule has 2 aromatic carbocycles. The normalized spacial score (nSPS) is 10.5. The quantitative estimate of drug-likeness (QED) is 0.415. The summed E-state index contributed by atoms with van der Waals surface area (Å²) in [5.74, 6) is -1.88. The Morgan fingerprint density at radius 1 is 1.14 bits per heavy atom. The summed E-state index contributed by atoms with van der Waals surface area (Å²) in [5, 5.41) is 9.08. The Morgan fingerprint density at radius 2 is 1.86 bits per heavy atom. The van der Waals surface area contributed by atoms with Gasteiger partial charge in [0.15, 0.2) is 5.78 Å². The molecule has 0 aromatic heterocycles. The molecular formula is C21H18ClNO5. The molecule has 28 heavy (non-hydrogen) atoms. The lowest BCUT2D eigenvalue weighted by atomic mass is 10.00. The largest absolute Gasteiger partial charge is 0.496 e. The molecule has 0 fully saturated rings. The van der Waals surface area contributed by atoms with Crippen LogP contribution in [0.1, 0.15) is 15.9 Å². The molecule has 7 heteroatoms. The van der Waals surface area contributed by atoms with E-state index in [0.29, 0.717) is 16.3 Å². The van der Waals surface area contributed by atoms with E-state index in [2.05, 4.69) is 6.58 Å². The highest BCUT2D eigenvalue weighted by molar-refractivity contribution is 6.31. The molecule has 2 rings (SSSR count). The van der Waals surface area contributed by atoms with Crippen molar-refractivity contribution in [1.29, 1.82) is 0 Å². The molecule has 144 valence electrons. The molecular weight excluding hydrogens is 382 g/mol. The zero-order chi connectivity index (χ0) is 20.7. The Kier molecular flexibility index (Phi) is 7.12. The Labute approximate surface area is 167 Å². The van der Waals surface area contributed by atoms with Crippen molar-refractivity contribution in [2.24, 2.45) is 0 Å². The van der Waals surface area contributed by atoms with Gasteiger partial charge in [0.05, 0.1) is 18.4 Å². The number of halogens is 1. The van der Waals surface area contributed by atoms with Gasteiger partial charge < -0.3 is 14.7 Å². The second kappa shape index (κ2) is 9.53. The van der Waals surface area contributed by atoms with Gasteiger partial charge in [-0.25, -0.2) is 4.79 Å². The van der Waals surface area contributed by atoms with Gasteiger partial charge in [-0.05, 0) is 30.3 Å². The van der Waals surface area contributed by atoms with Crippen LogP contribution >= 0.6 is 11.6 Å². The van der Waals surface area contributed by atoms with Gasteiger partial charge in [0.2, 0.25) is 0 Å². The fraction of sp³-hybridized carbons (Fsp3) is 0.0952. The Morgan fingerprint density at radius 3 is 2.50 bits per heavy atom. The maximum atomic E-state index is 13.2. The number of carboxylic acid groups (broad SMARTS) is 1. The van der Waals surface area contributed by atoms with E-state index < -0.39 is 11.9 Å². The number of ether oxygens (including phenoxy) is 1. The predicted molar refractivity (Wildman–Crippen MR) is 107 cm³/mol. The molecule has 0 atom stereocenters. The molecule has 0 bridgehead atoms. The molecule has 6 nitrogen and oxygen atoms in total. The number of ketones is 1. The highest BCUT2D eigenvalue weighted by atomic mass is 35.5. The summed E-state index contributed by atoms with van der Waals surface area (Å²) in [5.41, 5.74) is 0.761. The van der Waals surface area contributed by atoms with E-state index in [1.54, 1.807) is 30.3 Å². The van der Waals surface area contributed by atoms with Crippen LogP contribution in [0.3, 0.4) is 0 Å². The summed E-state index contributed by atoms with van der Waals surface area (Å²) in [6.45, 7) is 3.68. The van der Waals surface area contributed by atoms with Crippen LogP contribution in [-0.2, 0) is 9.59 Å². The summed E-state index contributed by atoms with van der Waals surface area (Å²) in [6, 6.07) is 11.2. The summed E-state index contributed by atoms with van der Waals surface area (Å²) in [4.78, 5) is 37.7. The highest BCUT2D eigenvalue weighted by Gasteiger charge is 2.23. The second-order valence-electron chi connectivity index (χ2n) is 5.60. The summed E-state index contributed by atoms with van der Waals surface area (Å²) >= 11 is 6.09. The van der Waals surface area contributed by atoms with E-state index in [-0.39, 0.29) is 23.6 Å². The highest BCUT2D eigenvalue weighted by Crippen LogP contribution is 2.30. The van der Waals surface area contributed by atoms with Crippen molar-refractivity contribution in [3.05, 3.63) is 83.4 Å². The van der Waals surface area contributed by atoms with Crippen molar-refractivity contribution in [3.63, 3.8) is 0 Å². The molecule has 0 saturated carbocycles. The number of carboxylic acids is 1. The first-order chi connectivity index (χ1) is 13.4. The van der Waals surface area contributed by atoms with Crippen LogP contribution in [0.5, 0.6) is 5.75 Å². The summed E-state index contributed by atoms with van der Waals surface area (Å²) in [7, 11) is 1.45. The number of benzene rings is 2. The molecule has 0 radical (unpaired) electrons. The topological polar surface area (TPSA) is 83.9 Å². The average molecular weight is 400 g/mol. The van der Waals surface area contributed by atoms with E-state index in [9.17, 15) is 14.4 Å². The number of hydrogen-bond donors (Lipinski definition) is 1. The van der Waals surface area contributed by atoms with Crippen LogP contribution in [0.25, 0.3) is 0 Å². The van der Waals surface area contributed by atoms with Gasteiger partial charge in [-0.1, -0.05) is 29.8 Å². The maximum Gasteiger partial charge on any atom is 0.328 e. The lowest BCUT2D eigenvalue weighted by molar-refractivity contribution is -0.131. The van der Waals surface area contributed by atoms with Gasteiger partial charge in [0.1, 0.15) is 5.75 Å². The fourth-order valence-corrected chi connectivity index (χ4v) is 2.74. The fourth-order valence-electron chi connectivity index (χ4n) is 2.57. The molecule has 0 saturated heterocycles. The number of nitrogens with zero attached hydrogens (tertiary/aromatic N) is 1. The number of para-hydroxylation sites is 1. The molecule has 1 amide bonds. The summed E-state index contributed by atoms with van der Waals surface area (Å²) in [6.07, 6.45) is 3.12. The van der Waals surface area contributed by atoms with Gasteiger partial charge in [-0.3, -0.25) is 9.59 Å². The van der Waals surface area contributed by atoms with Crippen LogP contribution in [-0.4, -0.2) is 36.4 Å². The molecule has 0 aliphatic heterocycles. The van der Waals surface area contributed by atoms with E-state index in [0.717, 1.165) is 12.2 Å². The standard InChI is InChI=1S/C21H18ClNO5/c1-3-12-23(19(24)10-11-20(25)26)17-9-8-14(22)13-16(17)21(27)15-6-4-5-7-18(15)28-2/h3-11,13H,1,12H2,2H3,(H,25,26). The third-order valence-electron chi connectivity index (χ3n) is 3.79. The number of carbonyl (C=O) groups is 3. The maximum absolute atomic E-state index is 13.2. The number of aliphatic carboxylic acids is 1. The van der Waals surface area contributed by atoms with E-state index >= 15 is 0 Å². The van der Waals surface area contributed by atoms with Gasteiger partial charge in [-0.2, -0.15) is 0 Å². The van der Waals surface area contributed by atoms with E-state index in [1.165, 1.54) is 30.2 Å². The summed E-state index contributed by atoms with van der Waals surface area (Å²) < 4.78 is 5.25. The van der Waals surface area contributed by atoms with E-state index in [4.69, 9.17) is 21.4 Å². The van der Waals surface area contributed by atoms with E-state index in [1.807, 2.05) is 0 Å². The van der Waals surface area contributed by atoms with Crippen molar-refractivity contribution in [1.82, 2.24) is 0 Å². The molecule has 1 N–H and O–H groups in total. The minimum Gasteiger partial charge on any atom is -0.496 e. The van der Waals surface area contributed by atoms with Crippen molar-refractivity contribution in [2.75, 3.05) is 18.6 Å². The van der Waals surface area contributed by atoms with Crippen LogP contribution in [0.2, 0.25) is 5.02 Å². The first-order valence-corrected chi connectivity index (χ1v) is 8.57. The lowest BCUT2D eigenvalue weighted by Crippen LogP contribution is -2.31. The number of amides is 1. The first kappa shape index (κ1) is 20.9. The molecule has 2 aromatic rings. The molecule has 0 spiro atoms. The molecule has 0 aliphatic rings. The predicted octanol–water partition coefficient (Wildman–Crippen LogP) is 3.74. The molecule has 0 aliphatic carbocycles. The number of hydrogen-bond acceptors (Lipinski definition) is 4. The SMILES string of the molecule is C=CCN(C(=O)C=CC(=O)O)c1ccc(Cl)cc1C(=O)c1ccccc1OC. The monoisotopic (exact) mass is 399 g/mol. The Hall–Kier alpha value is -3.38. The van der Waals surface area contributed by atoms with Gasteiger partial charge >= 0.3 is 5.97 Å². The van der Waals surface area contributed by atoms with Crippen molar-refractivity contribution < 1.29 is 24.2 Å². The van der Waals surface area contributed by atoms with Crippen LogP contribution in [0, 0.1) is 0 Å². The van der Waals surface area contributed by atoms with Crippen molar-refractivity contribution in [3.8, 4) is 5.75 Å². The zero-order valence-electron chi connectivity index (χ0n) is 15.1. The average Bonchev–Trinajstić information content (AvgIpc) is 2.69. The van der Waals surface area contributed by atoms with Crippen LogP contribution in [0.15, 0.2) is 67.3 Å². The van der Waals surface area contributed by atoms with Gasteiger partial charge in [-0.15, -0.1) is 6.58 Å². The number of rotatable bonds is 8.